The number of benzene rings is 3. The Hall–Kier alpha value is -6.70. The Morgan fingerprint density at radius 2 is 1.60 bits per heavy atom. The first-order valence-electron chi connectivity index (χ1n) is 24.2. The van der Waals surface area contributed by atoms with E-state index in [1.54, 1.807) is 38.5 Å². The van der Waals surface area contributed by atoms with Crippen LogP contribution in [-0.2, 0) is 28.4 Å². The van der Waals surface area contributed by atoms with E-state index in [9.17, 15) is 23.2 Å². The highest BCUT2D eigenvalue weighted by molar-refractivity contribution is 6.39. The van der Waals surface area contributed by atoms with Crippen molar-refractivity contribution in [1.29, 1.82) is 0 Å². The Morgan fingerprint density at radius 1 is 0.877 bits per heavy atom. The smallest absolute Gasteiger partial charge is 0.270 e. The topological polar surface area (TPSA) is 133 Å². The fourth-order valence-electron chi connectivity index (χ4n) is 8.93. The monoisotopic (exact) mass is 1030 g/mol. The van der Waals surface area contributed by atoms with E-state index in [4.69, 9.17) is 37.4 Å². The van der Waals surface area contributed by atoms with Crippen molar-refractivity contribution in [2.45, 2.75) is 98.5 Å². The number of Topliss-reactive ketones (excluding diaryl/α,β-unsaturated/α-hetero) is 2. The molecule has 11 nitrogen and oxygen atoms in total. The molecule has 3 aromatic carbocycles. The molecule has 4 heterocycles. The molecule has 3 aromatic heterocycles. The number of halogens is 4. The summed E-state index contributed by atoms with van der Waals surface area (Å²) in [5, 5.41) is 5.07. The van der Waals surface area contributed by atoms with Crippen LogP contribution in [0.4, 0.5) is 8.78 Å². The summed E-state index contributed by atoms with van der Waals surface area (Å²) in [6.45, 7) is 11.1. The van der Waals surface area contributed by atoms with Crippen molar-refractivity contribution in [1.82, 2.24) is 19.7 Å². The maximum absolute atomic E-state index is 13.2. The quantitative estimate of drug-likeness (QED) is 0.107. The van der Waals surface area contributed by atoms with Crippen LogP contribution in [0.2, 0.25) is 0 Å². The largest absolute Gasteiger partial charge is 0.497 e. The van der Waals surface area contributed by atoms with Gasteiger partial charge < -0.3 is 19.5 Å². The van der Waals surface area contributed by atoms with Crippen LogP contribution in [0.1, 0.15) is 97.0 Å². The Labute approximate surface area is 435 Å². The fourth-order valence-corrected chi connectivity index (χ4v) is 9.51. The van der Waals surface area contributed by atoms with Gasteiger partial charge in [0.2, 0.25) is 0 Å². The van der Waals surface area contributed by atoms with Crippen molar-refractivity contribution >= 4 is 62.9 Å². The van der Waals surface area contributed by atoms with Gasteiger partial charge in [-0.3, -0.25) is 23.8 Å². The van der Waals surface area contributed by atoms with Gasteiger partial charge in [0.1, 0.15) is 40.9 Å². The van der Waals surface area contributed by atoms with Crippen LogP contribution in [-0.4, -0.2) is 64.4 Å². The molecule has 15 heteroatoms. The number of aromatic nitrogens is 3. The minimum Gasteiger partial charge on any atom is -0.497 e. The summed E-state index contributed by atoms with van der Waals surface area (Å²) in [6, 6.07) is 25.2. The summed E-state index contributed by atoms with van der Waals surface area (Å²) >= 11 is 12.2. The standard InChI is InChI=1S/C21H21NO4.C20H20F2N2O.C17H20Cl2N2O/c1-14-10-21(18-12-17(24-2)8-9-19(18)22-14)26-13-16(23)11-15-6-4-5-7-20(15)25-3;1-13-4-11-18-23-14(2)19(24(18)12-13)17(25)10-7-15-5-8-16(9-6-15)20(3,21)22;1-17(2)5-3-11(4-6-17)20-16(22)15-9-12-13(19)7-10(18)8-14(12)21-15/h4-10,12H,11,13H2,1-3H3;4-6,8-9,11-12H,7,10H2,1-3H3;7-9,11-12H,3-6H2,1-2H3,(H,20,22). The zero-order chi connectivity index (χ0) is 52.6. The fraction of sp³-hybridized carbons (Fsp3) is 0.345. The number of ketones is 2. The number of para-hydroxylation sites is 1. The number of nitrogens with one attached hydrogen (secondary N) is 1. The Balaban J connectivity index is 0.000000161. The number of nitrogens with zero attached hydrogens (tertiary/aromatic N) is 4. The molecular weight excluding hydrogens is 972 g/mol. The second-order valence-corrected chi connectivity index (χ2v) is 20.4. The van der Waals surface area contributed by atoms with Gasteiger partial charge in [0.05, 0.1) is 37.1 Å². The number of amides is 1. The number of fused-ring (bicyclic) bond motifs is 3. The zero-order valence-corrected chi connectivity index (χ0v) is 44.0. The van der Waals surface area contributed by atoms with Gasteiger partial charge in [0.15, 0.2) is 11.6 Å². The number of methoxy groups -OCH3 is 2. The summed E-state index contributed by atoms with van der Waals surface area (Å²) in [7, 11) is 3.21. The molecule has 9 rings (SSSR count). The number of hydrogen-bond acceptors (Lipinski definition) is 9. The van der Waals surface area contributed by atoms with E-state index in [0.29, 0.717) is 62.7 Å². The predicted octanol–water partition coefficient (Wildman–Crippen LogP) is 12.9. The third kappa shape index (κ3) is 14.1. The molecular formula is C58H61Cl2F2N5O6. The molecule has 2 aliphatic carbocycles. The average Bonchev–Trinajstić information content (AvgIpc) is 3.94. The van der Waals surface area contributed by atoms with Crippen LogP contribution in [0.15, 0.2) is 130 Å². The van der Waals surface area contributed by atoms with Crippen LogP contribution in [0.25, 0.3) is 16.6 Å². The molecule has 1 saturated carbocycles. The van der Waals surface area contributed by atoms with E-state index in [1.165, 1.54) is 12.1 Å². The van der Waals surface area contributed by atoms with Gasteiger partial charge in [-0.05, 0) is 118 Å². The van der Waals surface area contributed by atoms with E-state index < -0.39 is 5.92 Å². The number of imidazole rings is 1. The number of aryl methyl sites for hydroxylation is 4. The van der Waals surface area contributed by atoms with Gasteiger partial charge >= 0.3 is 0 Å². The number of carbonyl (C=O) groups is 3. The zero-order valence-electron chi connectivity index (χ0n) is 42.5. The number of rotatable bonds is 14. The lowest BCUT2D eigenvalue weighted by molar-refractivity contribution is -0.120. The maximum atomic E-state index is 13.2. The minimum atomic E-state index is -2.85. The molecule has 0 radical (unpaired) electrons. The summed E-state index contributed by atoms with van der Waals surface area (Å²) in [5.74, 6) is -1.07. The molecule has 1 atom stereocenters. The Morgan fingerprint density at radius 3 is 2.30 bits per heavy atom. The average molecular weight is 1030 g/mol. The molecule has 3 aliphatic rings. The summed E-state index contributed by atoms with van der Waals surface area (Å²) in [4.78, 5) is 50.8. The van der Waals surface area contributed by atoms with Crippen LogP contribution in [0, 0.1) is 32.1 Å². The number of ether oxygens (including phenoxy) is 3. The number of hydrogen-bond donors (Lipinski definition) is 1. The molecule has 382 valence electrons. The normalized spacial score (nSPS) is 16.1. The number of aliphatic imine (C=N–C) groups is 1. The van der Waals surface area contributed by atoms with Crippen molar-refractivity contribution in [2.24, 2.45) is 16.3 Å². The molecule has 0 saturated heterocycles. The number of pyridine rings is 2. The highest BCUT2D eigenvalue weighted by Crippen LogP contribution is 2.37. The maximum Gasteiger partial charge on any atom is 0.270 e. The SMILES string of the molecule is CC1(C)CCC(NC(=O)C2=CC3C(Cl)=CC(Cl)=CC3=N2)CC1.COc1ccc2nc(C)cc(OCC(=O)Cc3ccccc3OC)c2c1.Cc1ccc2nc(C)c(C(=O)CCc3ccc(C(C)(F)F)cc3)n2c1. The first-order valence-corrected chi connectivity index (χ1v) is 25.0. The second-order valence-electron chi connectivity index (χ2n) is 19.5. The Kier molecular flexibility index (Phi) is 17.4. The molecule has 1 fully saturated rings. The predicted molar refractivity (Wildman–Crippen MR) is 285 cm³/mol. The van der Waals surface area contributed by atoms with Gasteiger partial charge in [-0.2, -0.15) is 0 Å². The van der Waals surface area contributed by atoms with Gasteiger partial charge in [0.25, 0.3) is 11.8 Å². The molecule has 1 aliphatic heterocycles. The summed E-state index contributed by atoms with van der Waals surface area (Å²) in [5.41, 5.74) is 8.01. The molecule has 73 heavy (non-hydrogen) atoms. The first kappa shape index (κ1) is 54.1. The van der Waals surface area contributed by atoms with Crippen LogP contribution in [0.3, 0.4) is 0 Å². The van der Waals surface area contributed by atoms with Crippen molar-refractivity contribution in [3.8, 4) is 17.2 Å². The van der Waals surface area contributed by atoms with E-state index >= 15 is 0 Å². The number of carbonyl (C=O) groups excluding carboxylic acids is 3. The van der Waals surface area contributed by atoms with Crippen LogP contribution >= 0.6 is 23.2 Å². The van der Waals surface area contributed by atoms with Crippen molar-refractivity contribution in [3.05, 3.63) is 164 Å². The summed E-state index contributed by atoms with van der Waals surface area (Å²) < 4.78 is 44.7. The second kappa shape index (κ2) is 23.4. The first-order chi connectivity index (χ1) is 34.7. The Bertz CT molecular complexity index is 3140. The van der Waals surface area contributed by atoms with Gasteiger partial charge in [-0.25, -0.2) is 18.8 Å². The van der Waals surface area contributed by atoms with Crippen LogP contribution in [0.5, 0.6) is 17.2 Å². The third-order valence-electron chi connectivity index (χ3n) is 13.0. The van der Waals surface area contributed by atoms with E-state index in [-0.39, 0.29) is 48.0 Å². The van der Waals surface area contributed by atoms with Crippen molar-refractivity contribution in [3.63, 3.8) is 0 Å². The number of alkyl halides is 2. The van der Waals surface area contributed by atoms with E-state index in [1.807, 2.05) is 98.1 Å². The molecule has 0 bridgehead atoms. The van der Waals surface area contributed by atoms with Gasteiger partial charge in [0, 0.05) is 70.3 Å². The van der Waals surface area contributed by atoms with Crippen molar-refractivity contribution in [2.75, 3.05) is 20.8 Å². The molecule has 0 spiro atoms. The number of allylic oxidation sites excluding steroid dienone is 5. The highest BCUT2D eigenvalue weighted by atomic mass is 35.5. The minimum absolute atomic E-state index is 0.000461. The van der Waals surface area contributed by atoms with E-state index in [0.717, 1.165) is 77.3 Å². The van der Waals surface area contributed by atoms with Crippen LogP contribution < -0.4 is 19.5 Å². The third-order valence-corrected chi connectivity index (χ3v) is 13.6. The molecule has 1 unspecified atom stereocenters. The van der Waals surface area contributed by atoms with E-state index in [2.05, 4.69) is 34.1 Å². The van der Waals surface area contributed by atoms with Gasteiger partial charge in [-0.1, -0.05) is 85.6 Å². The lowest BCUT2D eigenvalue weighted by Crippen LogP contribution is -2.39. The van der Waals surface area contributed by atoms with Gasteiger partial charge in [-0.15, -0.1) is 0 Å². The molecule has 1 N–H and O–H groups in total. The molecule has 1 amide bonds. The lowest BCUT2D eigenvalue weighted by atomic mass is 9.75. The van der Waals surface area contributed by atoms with Crippen molar-refractivity contribution < 1.29 is 37.4 Å². The highest BCUT2D eigenvalue weighted by Gasteiger charge is 2.32. The summed E-state index contributed by atoms with van der Waals surface area (Å²) in [6.07, 6.45) is 12.6. The lowest BCUT2D eigenvalue weighted by Gasteiger charge is -2.34. The molecule has 6 aromatic rings.